The molecule has 154 valence electrons. The van der Waals surface area contributed by atoms with E-state index in [4.69, 9.17) is 14.2 Å². The fourth-order valence-electron chi connectivity index (χ4n) is 2.51. The highest BCUT2D eigenvalue weighted by Crippen LogP contribution is 2.16. The number of esters is 2. The number of carbonyl (C=O) groups excluding carboxylic acids is 3. The van der Waals surface area contributed by atoms with Crippen molar-refractivity contribution in [3.8, 4) is 5.75 Å². The minimum Gasteiger partial charge on any atom is -0.482 e. The van der Waals surface area contributed by atoms with E-state index in [9.17, 15) is 14.4 Å². The normalized spacial score (nSPS) is 10.2. The van der Waals surface area contributed by atoms with Crippen LogP contribution in [0.3, 0.4) is 0 Å². The Kier molecular flexibility index (Phi) is 8.21. The first-order chi connectivity index (χ1) is 13.9. The van der Waals surface area contributed by atoms with Crippen molar-refractivity contribution in [2.45, 2.75) is 27.2 Å². The predicted octanol–water partition coefficient (Wildman–Crippen LogP) is 3.43. The summed E-state index contributed by atoms with van der Waals surface area (Å²) in [4.78, 5) is 35.4. The molecule has 0 unspecified atom stereocenters. The molecule has 0 aliphatic carbocycles. The van der Waals surface area contributed by atoms with Gasteiger partial charge < -0.3 is 19.5 Å². The molecule has 0 fully saturated rings. The zero-order valence-corrected chi connectivity index (χ0v) is 16.8. The first-order valence-corrected chi connectivity index (χ1v) is 9.31. The van der Waals surface area contributed by atoms with Crippen molar-refractivity contribution in [1.82, 2.24) is 0 Å². The molecule has 0 spiro atoms. The van der Waals surface area contributed by atoms with E-state index in [2.05, 4.69) is 5.32 Å². The summed E-state index contributed by atoms with van der Waals surface area (Å²) in [6.07, 6.45) is 0.744. The monoisotopic (exact) mass is 399 g/mol. The van der Waals surface area contributed by atoms with Gasteiger partial charge in [0.25, 0.3) is 5.91 Å². The number of nitrogens with one attached hydrogen (secondary N) is 1. The van der Waals surface area contributed by atoms with Crippen LogP contribution in [0.25, 0.3) is 0 Å². The summed E-state index contributed by atoms with van der Waals surface area (Å²) in [5.74, 6) is -0.983. The van der Waals surface area contributed by atoms with E-state index in [-0.39, 0.29) is 6.61 Å². The van der Waals surface area contributed by atoms with Gasteiger partial charge >= 0.3 is 11.9 Å². The fourth-order valence-corrected chi connectivity index (χ4v) is 2.51. The van der Waals surface area contributed by atoms with Crippen molar-refractivity contribution in [3.05, 3.63) is 59.2 Å². The molecule has 0 aromatic heterocycles. The molecule has 0 saturated carbocycles. The van der Waals surface area contributed by atoms with E-state index < -0.39 is 24.5 Å². The van der Waals surface area contributed by atoms with Gasteiger partial charge in [-0.2, -0.15) is 0 Å². The van der Waals surface area contributed by atoms with Gasteiger partial charge in [-0.1, -0.05) is 13.0 Å². The number of amides is 1. The Morgan fingerprint density at radius 3 is 2.17 bits per heavy atom. The maximum Gasteiger partial charge on any atom is 0.344 e. The smallest absolute Gasteiger partial charge is 0.344 e. The third-order valence-corrected chi connectivity index (χ3v) is 3.76. The zero-order chi connectivity index (χ0) is 21.2. The summed E-state index contributed by atoms with van der Waals surface area (Å²) < 4.78 is 15.3. The Labute approximate surface area is 170 Å². The molecule has 0 heterocycles. The topological polar surface area (TPSA) is 90.9 Å². The van der Waals surface area contributed by atoms with Crippen LogP contribution in [0.2, 0.25) is 0 Å². The van der Waals surface area contributed by atoms with Crippen molar-refractivity contribution in [2.24, 2.45) is 0 Å². The molecule has 0 saturated heterocycles. The molecular formula is C22H25NO6. The minimum absolute atomic E-state index is 0.287. The Bertz CT molecular complexity index is 840. The number of ether oxygens (including phenoxy) is 3. The number of aryl methyl sites for hydroxylation is 2. The largest absolute Gasteiger partial charge is 0.482 e. The van der Waals surface area contributed by atoms with Gasteiger partial charge in [0, 0.05) is 5.69 Å². The SMILES string of the molecule is CCCOC(=O)c1ccc(NC(=O)COC(=O)COc2cc(C)cc(C)c2)cc1. The van der Waals surface area contributed by atoms with Crippen LogP contribution in [0, 0.1) is 13.8 Å². The predicted molar refractivity (Wildman–Crippen MR) is 108 cm³/mol. The van der Waals surface area contributed by atoms with Crippen molar-refractivity contribution < 1.29 is 28.6 Å². The zero-order valence-electron chi connectivity index (χ0n) is 16.8. The molecule has 0 atom stereocenters. The first-order valence-electron chi connectivity index (χ1n) is 9.31. The summed E-state index contributed by atoms with van der Waals surface area (Å²) >= 11 is 0. The second-order valence-corrected chi connectivity index (χ2v) is 6.53. The summed E-state index contributed by atoms with van der Waals surface area (Å²) in [5.41, 5.74) is 2.92. The average molecular weight is 399 g/mol. The van der Waals surface area contributed by atoms with Crippen molar-refractivity contribution >= 4 is 23.5 Å². The summed E-state index contributed by atoms with van der Waals surface area (Å²) in [6, 6.07) is 11.9. The van der Waals surface area contributed by atoms with E-state index in [0.717, 1.165) is 17.5 Å². The van der Waals surface area contributed by atoms with E-state index in [1.54, 1.807) is 24.3 Å². The summed E-state index contributed by atoms with van der Waals surface area (Å²) in [6.45, 7) is 5.41. The van der Waals surface area contributed by atoms with Gasteiger partial charge in [0.15, 0.2) is 13.2 Å². The lowest BCUT2D eigenvalue weighted by molar-refractivity contribution is -0.149. The molecule has 7 nitrogen and oxygen atoms in total. The third-order valence-electron chi connectivity index (χ3n) is 3.76. The van der Waals surface area contributed by atoms with Crippen molar-refractivity contribution in [3.63, 3.8) is 0 Å². The summed E-state index contributed by atoms with van der Waals surface area (Å²) in [7, 11) is 0. The molecule has 0 radical (unpaired) electrons. The van der Waals surface area contributed by atoms with Gasteiger partial charge in [-0.3, -0.25) is 4.79 Å². The lowest BCUT2D eigenvalue weighted by atomic mass is 10.1. The van der Waals surface area contributed by atoms with E-state index in [1.165, 1.54) is 0 Å². The number of carbonyl (C=O) groups is 3. The Morgan fingerprint density at radius 1 is 0.897 bits per heavy atom. The highest BCUT2D eigenvalue weighted by atomic mass is 16.6. The van der Waals surface area contributed by atoms with Crippen LogP contribution in [0.5, 0.6) is 5.75 Å². The Hall–Kier alpha value is -3.35. The molecule has 2 aromatic carbocycles. The molecule has 2 rings (SSSR count). The van der Waals surface area contributed by atoms with Gasteiger partial charge in [0.1, 0.15) is 5.75 Å². The van der Waals surface area contributed by atoms with E-state index in [0.29, 0.717) is 23.6 Å². The van der Waals surface area contributed by atoms with E-state index in [1.807, 2.05) is 39.0 Å². The van der Waals surface area contributed by atoms with Gasteiger partial charge in [-0.15, -0.1) is 0 Å². The standard InChI is InChI=1S/C22H25NO6/c1-4-9-27-22(26)17-5-7-18(8-6-17)23-20(24)13-29-21(25)14-28-19-11-15(2)10-16(3)12-19/h5-8,10-12H,4,9,13-14H2,1-3H3,(H,23,24). The number of hydrogen-bond acceptors (Lipinski definition) is 6. The summed E-state index contributed by atoms with van der Waals surface area (Å²) in [5, 5.41) is 2.59. The molecule has 2 aromatic rings. The van der Waals surface area contributed by atoms with Crippen LogP contribution < -0.4 is 10.1 Å². The van der Waals surface area contributed by atoms with Gasteiger partial charge in [-0.25, -0.2) is 9.59 Å². The van der Waals surface area contributed by atoms with Crippen LogP contribution in [0.1, 0.15) is 34.8 Å². The highest BCUT2D eigenvalue weighted by molar-refractivity contribution is 5.94. The van der Waals surface area contributed by atoms with Gasteiger partial charge in [0.05, 0.1) is 12.2 Å². The number of benzene rings is 2. The maximum atomic E-state index is 11.9. The van der Waals surface area contributed by atoms with Crippen molar-refractivity contribution in [2.75, 3.05) is 25.1 Å². The molecular weight excluding hydrogens is 374 g/mol. The maximum absolute atomic E-state index is 11.9. The van der Waals surface area contributed by atoms with Crippen LogP contribution >= 0.6 is 0 Å². The number of anilines is 1. The first kappa shape index (κ1) is 21.9. The molecule has 0 bridgehead atoms. The van der Waals surface area contributed by atoms with Crippen LogP contribution in [0.15, 0.2) is 42.5 Å². The van der Waals surface area contributed by atoms with Gasteiger partial charge in [-0.05, 0) is 67.8 Å². The molecule has 0 aliphatic rings. The lowest BCUT2D eigenvalue weighted by Crippen LogP contribution is -2.23. The van der Waals surface area contributed by atoms with Crippen LogP contribution in [-0.2, 0) is 19.1 Å². The highest BCUT2D eigenvalue weighted by Gasteiger charge is 2.11. The number of rotatable bonds is 9. The third kappa shape index (κ3) is 7.65. The minimum atomic E-state index is -0.645. The van der Waals surface area contributed by atoms with Crippen LogP contribution in [0.4, 0.5) is 5.69 Å². The van der Waals surface area contributed by atoms with Crippen LogP contribution in [-0.4, -0.2) is 37.7 Å². The molecule has 7 heteroatoms. The molecule has 29 heavy (non-hydrogen) atoms. The van der Waals surface area contributed by atoms with E-state index >= 15 is 0 Å². The average Bonchev–Trinajstić information content (AvgIpc) is 2.68. The Balaban J connectivity index is 1.74. The quantitative estimate of drug-likeness (QED) is 0.650. The lowest BCUT2D eigenvalue weighted by Gasteiger charge is -2.09. The molecule has 0 aliphatic heterocycles. The Morgan fingerprint density at radius 2 is 1.55 bits per heavy atom. The number of hydrogen-bond donors (Lipinski definition) is 1. The second-order valence-electron chi connectivity index (χ2n) is 6.53. The second kappa shape index (κ2) is 10.8. The van der Waals surface area contributed by atoms with Gasteiger partial charge in [0.2, 0.25) is 0 Å². The van der Waals surface area contributed by atoms with Crippen molar-refractivity contribution in [1.29, 1.82) is 0 Å². The fraction of sp³-hybridized carbons (Fsp3) is 0.318. The molecule has 1 amide bonds. The molecule has 1 N–H and O–H groups in total.